The molecule has 0 saturated carbocycles. The van der Waals surface area contributed by atoms with E-state index in [-0.39, 0.29) is 37.2 Å². The zero-order valence-electron chi connectivity index (χ0n) is 26.7. The van der Waals surface area contributed by atoms with Crippen molar-refractivity contribution in [2.24, 2.45) is 0 Å². The van der Waals surface area contributed by atoms with E-state index in [4.69, 9.17) is 14.7 Å². The van der Waals surface area contributed by atoms with Crippen molar-refractivity contribution in [2.75, 3.05) is 18.9 Å². The average Bonchev–Trinajstić information content (AvgIpc) is 3.09. The number of ether oxygens (including phenoxy) is 2. The summed E-state index contributed by atoms with van der Waals surface area (Å²) in [6.07, 6.45) is 2.39. The van der Waals surface area contributed by atoms with Gasteiger partial charge in [-0.1, -0.05) is 79.6 Å². The molecule has 3 aromatic rings. The predicted octanol–water partition coefficient (Wildman–Crippen LogP) is 5.56. The molecule has 5 unspecified atom stereocenters. The average molecular weight is 634 g/mol. The van der Waals surface area contributed by atoms with Crippen LogP contribution in [0.5, 0.6) is 0 Å². The van der Waals surface area contributed by atoms with Crippen LogP contribution < -0.4 is 10.8 Å². The van der Waals surface area contributed by atoms with E-state index in [1.165, 1.54) is 0 Å². The molecule has 248 valence electrons. The molecule has 0 aromatic heterocycles. The highest BCUT2D eigenvalue weighted by Crippen LogP contribution is 2.39. The van der Waals surface area contributed by atoms with E-state index < -0.39 is 18.3 Å². The maximum absolute atomic E-state index is 12.7. The Labute approximate surface area is 271 Å². The number of nitrogens with one attached hydrogen (secondary N) is 2. The molecular weight excluding hydrogens is 586 g/mol. The van der Waals surface area contributed by atoms with Gasteiger partial charge in [0.15, 0.2) is 6.29 Å². The smallest absolute Gasteiger partial charge is 0.243 e. The molecule has 1 fully saturated rings. The van der Waals surface area contributed by atoms with Gasteiger partial charge in [-0.2, -0.15) is 0 Å². The number of aliphatic hydroxyl groups is 2. The first kappa shape index (κ1) is 35.2. The zero-order chi connectivity index (χ0) is 32.9. The van der Waals surface area contributed by atoms with Gasteiger partial charge >= 0.3 is 0 Å². The lowest BCUT2D eigenvalue weighted by Gasteiger charge is -2.39. The number of carbonyl (C=O) groups excluding carboxylic acids is 2. The Morgan fingerprint density at radius 2 is 1.59 bits per heavy atom. The van der Waals surface area contributed by atoms with Crippen LogP contribution >= 0.6 is 0 Å². The first-order valence-corrected chi connectivity index (χ1v) is 16.0. The van der Waals surface area contributed by atoms with Crippen LogP contribution in [0.25, 0.3) is 0 Å². The highest BCUT2D eigenvalue weighted by Gasteiger charge is 2.34. The SMILES string of the molecule is CC(C(O)c1ccccc1)N(C)CC1CC(c2ccc(CO)cc2)OC(c2cccc(NC(=O)CCCCCCC(=O)NO)c2)O1. The van der Waals surface area contributed by atoms with Gasteiger partial charge in [0.2, 0.25) is 11.8 Å². The summed E-state index contributed by atoms with van der Waals surface area (Å²) in [5, 5.41) is 32.1. The predicted molar refractivity (Wildman–Crippen MR) is 175 cm³/mol. The number of hydroxylamine groups is 1. The molecule has 0 aliphatic carbocycles. The Morgan fingerprint density at radius 1 is 0.891 bits per heavy atom. The van der Waals surface area contributed by atoms with E-state index in [1.807, 2.05) is 92.8 Å². The van der Waals surface area contributed by atoms with Crippen LogP contribution in [0.15, 0.2) is 78.9 Å². The number of amides is 2. The van der Waals surface area contributed by atoms with E-state index in [0.717, 1.165) is 35.1 Å². The van der Waals surface area contributed by atoms with E-state index in [1.54, 1.807) is 5.48 Å². The van der Waals surface area contributed by atoms with Crippen LogP contribution in [-0.2, 0) is 25.7 Å². The van der Waals surface area contributed by atoms with Gasteiger partial charge in [0.1, 0.15) is 0 Å². The fraction of sp³-hybridized carbons (Fsp3) is 0.444. The lowest BCUT2D eigenvalue weighted by Crippen LogP contribution is -2.43. The third kappa shape index (κ3) is 10.4. The minimum Gasteiger partial charge on any atom is -0.392 e. The number of carbonyl (C=O) groups is 2. The lowest BCUT2D eigenvalue weighted by atomic mass is 9.98. The zero-order valence-corrected chi connectivity index (χ0v) is 26.7. The molecule has 1 aliphatic rings. The number of aliphatic hydroxyl groups excluding tert-OH is 2. The summed E-state index contributed by atoms with van der Waals surface area (Å²) in [6.45, 7) is 2.53. The third-order valence-corrected chi connectivity index (χ3v) is 8.52. The van der Waals surface area contributed by atoms with Gasteiger partial charge < -0.3 is 25.0 Å². The second-order valence-corrected chi connectivity index (χ2v) is 12.0. The van der Waals surface area contributed by atoms with Crippen LogP contribution in [-0.4, -0.2) is 57.9 Å². The molecule has 10 heteroatoms. The molecule has 1 saturated heterocycles. The summed E-state index contributed by atoms with van der Waals surface area (Å²) >= 11 is 0. The van der Waals surface area contributed by atoms with Gasteiger partial charge in [-0.25, -0.2) is 5.48 Å². The topological polar surface area (TPSA) is 141 Å². The largest absolute Gasteiger partial charge is 0.392 e. The molecule has 10 nitrogen and oxygen atoms in total. The number of unbranched alkanes of at least 4 members (excludes halogenated alkanes) is 3. The Morgan fingerprint density at radius 3 is 2.26 bits per heavy atom. The Balaban J connectivity index is 1.41. The lowest BCUT2D eigenvalue weighted by molar-refractivity contribution is -0.253. The maximum atomic E-state index is 12.7. The fourth-order valence-electron chi connectivity index (χ4n) is 5.66. The van der Waals surface area contributed by atoms with Crippen LogP contribution in [0.3, 0.4) is 0 Å². The van der Waals surface area contributed by atoms with Gasteiger partial charge in [0.25, 0.3) is 0 Å². The summed E-state index contributed by atoms with van der Waals surface area (Å²) < 4.78 is 13.0. The third-order valence-electron chi connectivity index (χ3n) is 8.52. The number of benzene rings is 3. The number of rotatable bonds is 16. The van der Waals surface area contributed by atoms with Crippen molar-refractivity contribution in [3.05, 3.63) is 101 Å². The molecule has 0 bridgehead atoms. The monoisotopic (exact) mass is 633 g/mol. The van der Waals surface area contributed by atoms with E-state index in [9.17, 15) is 19.8 Å². The van der Waals surface area contributed by atoms with E-state index >= 15 is 0 Å². The number of likely N-dealkylation sites (N-methyl/N-ethyl adjacent to an activating group) is 1. The van der Waals surface area contributed by atoms with Crippen LogP contribution in [0.2, 0.25) is 0 Å². The number of hydrogen-bond donors (Lipinski definition) is 5. The molecule has 1 heterocycles. The molecule has 46 heavy (non-hydrogen) atoms. The number of nitrogens with zero attached hydrogens (tertiary/aromatic N) is 1. The second kappa shape index (κ2) is 17.9. The van der Waals surface area contributed by atoms with E-state index in [2.05, 4.69) is 10.2 Å². The molecule has 4 rings (SSSR count). The van der Waals surface area contributed by atoms with Crippen molar-refractivity contribution in [3.63, 3.8) is 0 Å². The van der Waals surface area contributed by atoms with Gasteiger partial charge in [-0.3, -0.25) is 19.7 Å². The highest BCUT2D eigenvalue weighted by molar-refractivity contribution is 5.90. The Kier molecular flexibility index (Phi) is 13.7. The maximum Gasteiger partial charge on any atom is 0.243 e. The molecular formula is C36H47N3O7. The van der Waals surface area contributed by atoms with Crippen LogP contribution in [0.4, 0.5) is 5.69 Å². The summed E-state index contributed by atoms with van der Waals surface area (Å²) in [5.41, 5.74) is 5.73. The molecule has 2 amide bonds. The summed E-state index contributed by atoms with van der Waals surface area (Å²) in [7, 11) is 1.98. The molecule has 5 atom stereocenters. The molecule has 1 aliphatic heterocycles. The molecule has 3 aromatic carbocycles. The number of anilines is 1. The quantitative estimate of drug-likeness (QED) is 0.0785. The Hall–Kier alpha value is -3.64. The minimum atomic E-state index is -0.683. The van der Waals surface area contributed by atoms with Crippen molar-refractivity contribution < 1.29 is 34.5 Å². The second-order valence-electron chi connectivity index (χ2n) is 12.0. The fourth-order valence-corrected chi connectivity index (χ4v) is 5.66. The summed E-state index contributed by atoms with van der Waals surface area (Å²) in [6, 6.07) is 24.7. The minimum absolute atomic E-state index is 0.0333. The standard InChI is InChI=1S/C36H47N3O7/c1-25(35(43)28-11-6-5-7-12-28)39(2)23-31-22-32(27-19-17-26(24-40)18-20-27)46-36(45-31)29-13-10-14-30(21-29)37-33(41)15-8-3-4-9-16-34(42)38-44/h5-7,10-14,17-21,25,31-32,35-36,40,43-44H,3-4,8-9,15-16,22-24H2,1-2H3,(H,37,41)(H,38,42). The van der Waals surface area contributed by atoms with Crippen molar-refractivity contribution in [2.45, 2.75) is 89.1 Å². The van der Waals surface area contributed by atoms with Crippen LogP contribution in [0.1, 0.15) is 92.6 Å². The molecule has 5 N–H and O–H groups in total. The van der Waals surface area contributed by atoms with Gasteiger partial charge in [0, 0.05) is 43.1 Å². The van der Waals surface area contributed by atoms with Crippen molar-refractivity contribution in [1.82, 2.24) is 10.4 Å². The van der Waals surface area contributed by atoms with E-state index in [0.29, 0.717) is 37.9 Å². The Bertz CT molecular complexity index is 1370. The van der Waals surface area contributed by atoms with Crippen molar-refractivity contribution in [3.8, 4) is 0 Å². The summed E-state index contributed by atoms with van der Waals surface area (Å²) in [5.74, 6) is -0.493. The van der Waals surface area contributed by atoms with Crippen molar-refractivity contribution in [1.29, 1.82) is 0 Å². The first-order valence-electron chi connectivity index (χ1n) is 16.0. The van der Waals surface area contributed by atoms with Crippen molar-refractivity contribution >= 4 is 17.5 Å². The van der Waals surface area contributed by atoms with Gasteiger partial charge in [-0.15, -0.1) is 0 Å². The van der Waals surface area contributed by atoms with Gasteiger partial charge in [-0.05, 0) is 55.6 Å². The highest BCUT2D eigenvalue weighted by atomic mass is 16.7. The van der Waals surface area contributed by atoms with Crippen LogP contribution in [0, 0.1) is 0 Å². The first-order chi connectivity index (χ1) is 22.3. The molecule has 0 radical (unpaired) electrons. The summed E-state index contributed by atoms with van der Waals surface area (Å²) in [4.78, 5) is 25.9. The number of hydrogen-bond acceptors (Lipinski definition) is 8. The normalized spacial score (nSPS) is 19.4. The van der Waals surface area contributed by atoms with Gasteiger partial charge in [0.05, 0.1) is 24.9 Å². The molecule has 0 spiro atoms.